The van der Waals surface area contributed by atoms with E-state index in [0.29, 0.717) is 41.5 Å². The van der Waals surface area contributed by atoms with Crippen molar-refractivity contribution in [2.75, 3.05) is 57.1 Å². The van der Waals surface area contributed by atoms with Crippen LogP contribution in [0.2, 0.25) is 0 Å². The average molecular weight is 551 g/mol. The van der Waals surface area contributed by atoms with Crippen LogP contribution in [0.4, 0.5) is 26.2 Å². The van der Waals surface area contributed by atoms with E-state index in [-0.39, 0.29) is 17.7 Å². The van der Waals surface area contributed by atoms with Gasteiger partial charge in [-0.05, 0) is 56.9 Å². The van der Waals surface area contributed by atoms with Gasteiger partial charge in [0, 0.05) is 43.9 Å². The molecule has 3 aromatic rings. The second-order valence-electron chi connectivity index (χ2n) is 10.1. The minimum absolute atomic E-state index is 0.122. The first kappa shape index (κ1) is 27.5. The number of benzene rings is 1. The Labute approximate surface area is 232 Å². The van der Waals surface area contributed by atoms with Gasteiger partial charge in [-0.3, -0.25) is 0 Å². The van der Waals surface area contributed by atoms with Crippen LogP contribution in [-0.4, -0.2) is 84.8 Å². The van der Waals surface area contributed by atoms with Crippen molar-refractivity contribution >= 4 is 17.5 Å². The number of methoxy groups -OCH3 is 1. The van der Waals surface area contributed by atoms with Gasteiger partial charge in [-0.1, -0.05) is 0 Å². The maximum absolute atomic E-state index is 14.2. The van der Waals surface area contributed by atoms with Crippen LogP contribution in [0.3, 0.4) is 0 Å². The summed E-state index contributed by atoms with van der Waals surface area (Å²) in [6.07, 6.45) is 0.445. The van der Waals surface area contributed by atoms with E-state index in [2.05, 4.69) is 55.4 Å². The Morgan fingerprint density at radius 3 is 2.77 bits per heavy atom. The third-order valence-corrected chi connectivity index (χ3v) is 7.15. The maximum atomic E-state index is 14.2. The monoisotopic (exact) mass is 550 g/mol. The van der Waals surface area contributed by atoms with Gasteiger partial charge in [0.2, 0.25) is 11.8 Å². The number of piperidine rings is 1. The fourth-order valence-electron chi connectivity index (χ4n) is 5.05. The van der Waals surface area contributed by atoms with Crippen LogP contribution in [0.15, 0.2) is 42.6 Å². The van der Waals surface area contributed by atoms with Crippen LogP contribution in [0, 0.1) is 11.3 Å². The Bertz CT molecular complexity index is 1400. The van der Waals surface area contributed by atoms with E-state index in [0.717, 1.165) is 25.3 Å². The second-order valence-corrected chi connectivity index (χ2v) is 10.1. The third-order valence-electron chi connectivity index (χ3n) is 7.15. The van der Waals surface area contributed by atoms with Gasteiger partial charge in [0.1, 0.15) is 23.3 Å². The summed E-state index contributed by atoms with van der Waals surface area (Å²) < 4.78 is 39.7. The van der Waals surface area contributed by atoms with Gasteiger partial charge >= 0.3 is 0 Å². The zero-order chi connectivity index (χ0) is 28.3. The summed E-state index contributed by atoms with van der Waals surface area (Å²) in [5.74, 6) is -1.57. The molecule has 12 heteroatoms. The molecule has 4 heterocycles. The van der Waals surface area contributed by atoms with E-state index in [9.17, 15) is 14.0 Å². The molecular weight excluding hydrogens is 518 g/mol. The molecule has 2 fully saturated rings. The van der Waals surface area contributed by atoms with E-state index >= 15 is 0 Å². The minimum Gasteiger partial charge on any atom is -0.483 e. The predicted octanol–water partition coefficient (Wildman–Crippen LogP) is 3.68. The van der Waals surface area contributed by atoms with Crippen LogP contribution in [0.1, 0.15) is 18.9 Å². The Morgan fingerprint density at radius 1 is 1.18 bits per heavy atom. The number of halogens is 2. The van der Waals surface area contributed by atoms with E-state index in [4.69, 9.17) is 9.47 Å². The molecule has 0 saturated carbocycles. The molecule has 2 aromatic heterocycles. The number of rotatable bonds is 7. The molecule has 2 atom stereocenters. The Balaban J connectivity index is 1.34. The molecule has 210 valence electrons. The first-order valence-electron chi connectivity index (χ1n) is 13.2. The van der Waals surface area contributed by atoms with E-state index in [1.807, 2.05) is 12.1 Å². The number of alkyl halides is 2. The number of pyridine rings is 1. The molecule has 2 N–H and O–H groups in total. The van der Waals surface area contributed by atoms with Crippen molar-refractivity contribution in [1.82, 2.24) is 25.2 Å². The quantitative estimate of drug-likeness (QED) is 0.452. The molecule has 0 amide bonds. The summed E-state index contributed by atoms with van der Waals surface area (Å²) in [7, 11) is 3.71. The summed E-state index contributed by atoms with van der Waals surface area (Å²) in [6.45, 7) is 4.94. The van der Waals surface area contributed by atoms with Gasteiger partial charge in [0.15, 0.2) is 6.10 Å². The zero-order valence-electron chi connectivity index (χ0n) is 22.7. The number of hydrogen-bond donors (Lipinski definition) is 2. The van der Waals surface area contributed by atoms with Crippen molar-refractivity contribution in [3.63, 3.8) is 0 Å². The van der Waals surface area contributed by atoms with Crippen molar-refractivity contribution in [2.45, 2.75) is 31.4 Å². The summed E-state index contributed by atoms with van der Waals surface area (Å²) in [5.41, 5.74) is 2.25. The van der Waals surface area contributed by atoms with Gasteiger partial charge in [-0.15, -0.1) is 0 Å². The van der Waals surface area contributed by atoms with Crippen molar-refractivity contribution < 1.29 is 18.3 Å². The highest BCUT2D eigenvalue weighted by Crippen LogP contribution is 2.33. The third kappa shape index (κ3) is 5.90. The number of nitrogens with one attached hydrogen (secondary N) is 2. The summed E-state index contributed by atoms with van der Waals surface area (Å²) in [5, 5.41) is 15.5. The van der Waals surface area contributed by atoms with E-state index < -0.39 is 18.6 Å². The highest BCUT2D eigenvalue weighted by atomic mass is 19.3. The molecule has 1 aromatic carbocycles. The maximum Gasteiger partial charge on any atom is 0.296 e. The number of likely N-dealkylation sites (N-methyl/N-ethyl adjacent to an activating group) is 1. The minimum atomic E-state index is -3.02. The lowest BCUT2D eigenvalue weighted by Gasteiger charge is -2.40. The number of ether oxygens (including phenoxy) is 2. The van der Waals surface area contributed by atoms with Crippen LogP contribution in [0.5, 0.6) is 11.6 Å². The van der Waals surface area contributed by atoms with Gasteiger partial charge < -0.3 is 29.9 Å². The molecule has 2 unspecified atom stereocenters. The highest BCUT2D eigenvalue weighted by Gasteiger charge is 2.43. The standard InChI is InChI=1S/C28H32F2N8O2/c1-18-16-37(2)12-13-38(18)22-5-7-25(35-26(22)39-3)36-27-33-11-8-21(34-27)19-4-6-23(20(14-19)15-31)40-24-9-10-32-17-28(24,29)30/h4-8,11,14,18,24,32H,9-10,12-13,16-17H2,1-3H3,(H,33,34,35,36). The molecule has 10 nitrogen and oxygen atoms in total. The molecule has 2 saturated heterocycles. The summed E-state index contributed by atoms with van der Waals surface area (Å²) >= 11 is 0. The highest BCUT2D eigenvalue weighted by molar-refractivity contribution is 5.66. The molecule has 5 rings (SSSR count). The number of hydrogen-bond acceptors (Lipinski definition) is 10. The lowest BCUT2D eigenvalue weighted by atomic mass is 10.0. The largest absolute Gasteiger partial charge is 0.483 e. The molecule has 0 spiro atoms. The topological polar surface area (TPSA) is 111 Å². The lowest BCUT2D eigenvalue weighted by molar-refractivity contribution is -0.109. The SMILES string of the molecule is COc1nc(Nc2nccc(-c3ccc(OC4CCNCC4(F)F)c(C#N)c3)n2)ccc1N1CCN(C)CC1C. The van der Waals surface area contributed by atoms with Gasteiger partial charge in [-0.25, -0.2) is 18.7 Å². The molecule has 0 aliphatic carbocycles. The number of piperazine rings is 1. The summed E-state index contributed by atoms with van der Waals surface area (Å²) in [4.78, 5) is 18.1. The molecule has 2 aliphatic heterocycles. The Kier molecular flexibility index (Phi) is 7.95. The number of nitrogens with zero attached hydrogens (tertiary/aromatic N) is 6. The van der Waals surface area contributed by atoms with Crippen LogP contribution in [-0.2, 0) is 0 Å². The first-order valence-corrected chi connectivity index (χ1v) is 13.2. The van der Waals surface area contributed by atoms with Gasteiger partial charge in [0.25, 0.3) is 5.92 Å². The van der Waals surface area contributed by atoms with Crippen molar-refractivity contribution in [3.8, 4) is 29.0 Å². The van der Waals surface area contributed by atoms with Gasteiger partial charge in [-0.2, -0.15) is 10.2 Å². The normalized spacial score (nSPS) is 20.9. The van der Waals surface area contributed by atoms with Crippen LogP contribution < -0.4 is 25.0 Å². The molecule has 0 radical (unpaired) electrons. The molecule has 2 aliphatic rings. The zero-order valence-corrected chi connectivity index (χ0v) is 22.7. The second kappa shape index (κ2) is 11.6. The van der Waals surface area contributed by atoms with Crippen molar-refractivity contribution in [3.05, 3.63) is 48.2 Å². The van der Waals surface area contributed by atoms with Crippen LogP contribution >= 0.6 is 0 Å². The van der Waals surface area contributed by atoms with E-state index in [1.165, 1.54) is 6.07 Å². The predicted molar refractivity (Wildman–Crippen MR) is 147 cm³/mol. The van der Waals surface area contributed by atoms with Crippen LogP contribution in [0.25, 0.3) is 11.3 Å². The Morgan fingerprint density at radius 2 is 2.02 bits per heavy atom. The number of anilines is 3. The van der Waals surface area contributed by atoms with E-state index in [1.54, 1.807) is 31.5 Å². The fraction of sp³-hybridized carbons (Fsp3) is 0.429. The molecule has 40 heavy (non-hydrogen) atoms. The first-order chi connectivity index (χ1) is 19.3. The number of aromatic nitrogens is 3. The average Bonchev–Trinajstić information content (AvgIpc) is 2.94. The lowest BCUT2D eigenvalue weighted by Crippen LogP contribution is -2.52. The fourth-order valence-corrected chi connectivity index (χ4v) is 5.05. The van der Waals surface area contributed by atoms with Crippen molar-refractivity contribution in [1.29, 1.82) is 5.26 Å². The molecule has 0 bridgehead atoms. The summed E-state index contributed by atoms with van der Waals surface area (Å²) in [6, 6.07) is 12.7. The van der Waals surface area contributed by atoms with Gasteiger partial charge in [0.05, 0.1) is 24.9 Å². The smallest absolute Gasteiger partial charge is 0.296 e. The van der Waals surface area contributed by atoms with Crippen molar-refractivity contribution in [2.24, 2.45) is 0 Å². The molecular formula is C28H32F2N8O2. The number of nitriles is 1. The Hall–Kier alpha value is -4.08.